The molecule has 23 heavy (non-hydrogen) atoms. The number of nitrogens with one attached hydrogen (secondary N) is 1. The summed E-state index contributed by atoms with van der Waals surface area (Å²) in [6.45, 7) is 0. The van der Waals surface area contributed by atoms with Crippen LogP contribution in [0.3, 0.4) is 0 Å². The van der Waals surface area contributed by atoms with Crippen molar-refractivity contribution < 1.29 is 14.6 Å². The number of methoxy groups -OCH3 is 1. The van der Waals surface area contributed by atoms with Crippen molar-refractivity contribution >= 4 is 21.8 Å². The Morgan fingerprint density at radius 2 is 2.04 bits per heavy atom. The van der Waals surface area contributed by atoms with Crippen molar-refractivity contribution in [3.8, 4) is 23.3 Å². The fourth-order valence-electron chi connectivity index (χ4n) is 2.81. The van der Waals surface area contributed by atoms with Crippen LogP contribution in [0.25, 0.3) is 0 Å². The lowest BCUT2D eigenvalue weighted by Gasteiger charge is -2.31. The van der Waals surface area contributed by atoms with Gasteiger partial charge in [0.1, 0.15) is 23.2 Å². The van der Waals surface area contributed by atoms with Crippen molar-refractivity contribution in [1.82, 2.24) is 0 Å². The normalized spacial score (nSPS) is 19.4. The van der Waals surface area contributed by atoms with Gasteiger partial charge in [-0.3, -0.25) is 5.41 Å². The Hall–Kier alpha value is -2.52. The predicted molar refractivity (Wildman–Crippen MR) is 88.1 cm³/mol. The number of hydrogen-bond acceptors (Lipinski definition) is 5. The van der Waals surface area contributed by atoms with Crippen LogP contribution in [0.15, 0.2) is 40.9 Å². The zero-order valence-corrected chi connectivity index (χ0v) is 13.8. The molecule has 1 heterocycles. The molecule has 0 saturated heterocycles. The van der Waals surface area contributed by atoms with E-state index < -0.39 is 11.8 Å². The van der Waals surface area contributed by atoms with Gasteiger partial charge >= 0.3 is 0 Å². The number of benzene rings is 2. The summed E-state index contributed by atoms with van der Waals surface area (Å²) in [6, 6.07) is 12.4. The number of phenolic OH excluding ortho intramolecular Hbond substituents is 1. The van der Waals surface area contributed by atoms with E-state index in [2.05, 4.69) is 22.0 Å². The summed E-state index contributed by atoms with van der Waals surface area (Å²) in [6.07, 6.45) is 0. The van der Waals surface area contributed by atoms with E-state index in [1.54, 1.807) is 19.2 Å². The number of hydrogen-bond donors (Lipinski definition) is 2. The van der Waals surface area contributed by atoms with Gasteiger partial charge in [0, 0.05) is 27.6 Å². The first kappa shape index (κ1) is 15.4. The third-order valence-electron chi connectivity index (χ3n) is 3.83. The second kappa shape index (κ2) is 5.94. The lowest BCUT2D eigenvalue weighted by Crippen LogP contribution is -2.31. The number of nitrogens with zero attached hydrogens (tertiary/aromatic N) is 1. The van der Waals surface area contributed by atoms with E-state index in [4.69, 9.17) is 14.9 Å². The Bertz CT molecular complexity index is 829. The van der Waals surface area contributed by atoms with Gasteiger partial charge in [0.05, 0.1) is 13.2 Å². The summed E-state index contributed by atoms with van der Waals surface area (Å²) in [5.41, 5.74) is 1.52. The lowest BCUT2D eigenvalue weighted by molar-refractivity contribution is 0.397. The second-order valence-electron chi connectivity index (χ2n) is 5.16. The number of fused-ring (bicyclic) bond motifs is 1. The molecule has 0 amide bonds. The molecule has 0 saturated carbocycles. The van der Waals surface area contributed by atoms with E-state index in [1.165, 1.54) is 6.07 Å². The maximum absolute atomic E-state index is 9.65. The molecular weight excluding hydrogens is 360 g/mol. The van der Waals surface area contributed by atoms with Gasteiger partial charge in [0.15, 0.2) is 0 Å². The number of phenols is 1. The average Bonchev–Trinajstić information content (AvgIpc) is 2.53. The van der Waals surface area contributed by atoms with Crippen LogP contribution in [0.1, 0.15) is 17.0 Å². The van der Waals surface area contributed by atoms with E-state index in [0.29, 0.717) is 11.5 Å². The van der Waals surface area contributed by atoms with Gasteiger partial charge in [-0.1, -0.05) is 22.0 Å². The minimum Gasteiger partial charge on any atom is -0.508 e. The Kier molecular flexibility index (Phi) is 3.97. The maximum Gasteiger partial charge on any atom is 0.205 e. The molecule has 6 heteroatoms. The molecule has 0 fully saturated rings. The Morgan fingerprint density at radius 1 is 1.26 bits per heavy atom. The fourth-order valence-corrected chi connectivity index (χ4v) is 3.19. The highest BCUT2D eigenvalue weighted by Crippen LogP contribution is 2.46. The minimum atomic E-state index is -0.768. The van der Waals surface area contributed by atoms with Gasteiger partial charge in [-0.15, -0.1) is 0 Å². The van der Waals surface area contributed by atoms with E-state index >= 15 is 0 Å². The van der Waals surface area contributed by atoms with Crippen molar-refractivity contribution in [3.05, 3.63) is 52.0 Å². The Morgan fingerprint density at radius 3 is 2.74 bits per heavy atom. The fraction of sp³-hybridized carbons (Fsp3) is 0.176. The van der Waals surface area contributed by atoms with E-state index in [1.807, 2.05) is 18.2 Å². The Balaban J connectivity index is 2.26. The molecule has 0 bridgehead atoms. The van der Waals surface area contributed by atoms with E-state index in [0.717, 1.165) is 15.6 Å². The van der Waals surface area contributed by atoms with Crippen LogP contribution in [-0.2, 0) is 0 Å². The van der Waals surface area contributed by atoms with E-state index in [9.17, 15) is 10.4 Å². The topological polar surface area (TPSA) is 86.3 Å². The van der Waals surface area contributed by atoms with Gasteiger partial charge in [0.25, 0.3) is 0 Å². The van der Waals surface area contributed by atoms with Gasteiger partial charge in [-0.25, -0.2) is 0 Å². The van der Waals surface area contributed by atoms with Crippen LogP contribution in [0, 0.1) is 22.7 Å². The molecule has 0 aromatic heterocycles. The highest BCUT2D eigenvalue weighted by Gasteiger charge is 2.38. The molecule has 0 aliphatic carbocycles. The van der Waals surface area contributed by atoms with Crippen LogP contribution in [0.5, 0.6) is 17.2 Å². The first-order valence-electron chi connectivity index (χ1n) is 6.87. The lowest BCUT2D eigenvalue weighted by atomic mass is 9.78. The van der Waals surface area contributed by atoms with Crippen LogP contribution >= 0.6 is 15.9 Å². The number of halogens is 1. The van der Waals surface area contributed by atoms with Crippen LogP contribution in [0.2, 0.25) is 0 Å². The van der Waals surface area contributed by atoms with Gasteiger partial charge < -0.3 is 14.6 Å². The summed E-state index contributed by atoms with van der Waals surface area (Å²) in [4.78, 5) is 0. The molecule has 0 radical (unpaired) electrons. The summed E-state index contributed by atoms with van der Waals surface area (Å²) in [7, 11) is 1.57. The molecule has 5 nitrogen and oxygen atoms in total. The molecule has 2 aromatic rings. The zero-order valence-electron chi connectivity index (χ0n) is 12.2. The van der Waals surface area contributed by atoms with Crippen LogP contribution in [0.4, 0.5) is 0 Å². The SMILES string of the molecule is COc1ccc(Br)cc1C1c2ccc(O)cc2OC(=N)C1C#N. The molecule has 2 atom stereocenters. The second-order valence-corrected chi connectivity index (χ2v) is 6.07. The number of ether oxygens (including phenoxy) is 2. The van der Waals surface area contributed by atoms with Crippen molar-refractivity contribution in [2.45, 2.75) is 5.92 Å². The van der Waals surface area contributed by atoms with Crippen LogP contribution < -0.4 is 9.47 Å². The summed E-state index contributed by atoms with van der Waals surface area (Å²) in [5, 5.41) is 27.2. The van der Waals surface area contributed by atoms with Crippen molar-refractivity contribution in [2.75, 3.05) is 7.11 Å². The number of aromatic hydroxyl groups is 1. The first-order valence-corrected chi connectivity index (χ1v) is 7.66. The monoisotopic (exact) mass is 372 g/mol. The molecule has 0 spiro atoms. The van der Waals surface area contributed by atoms with Crippen molar-refractivity contribution in [1.29, 1.82) is 10.7 Å². The van der Waals surface area contributed by atoms with E-state index in [-0.39, 0.29) is 11.6 Å². The van der Waals surface area contributed by atoms with Gasteiger partial charge in [-0.05, 0) is 24.3 Å². The maximum atomic E-state index is 9.65. The summed E-state index contributed by atoms with van der Waals surface area (Å²) >= 11 is 3.44. The largest absolute Gasteiger partial charge is 0.508 e. The number of nitriles is 1. The minimum absolute atomic E-state index is 0.0481. The van der Waals surface area contributed by atoms with Crippen molar-refractivity contribution in [3.63, 3.8) is 0 Å². The molecule has 1 aliphatic heterocycles. The highest BCUT2D eigenvalue weighted by molar-refractivity contribution is 9.10. The average molecular weight is 373 g/mol. The Labute approximate surface area is 141 Å². The smallest absolute Gasteiger partial charge is 0.205 e. The van der Waals surface area contributed by atoms with Gasteiger partial charge in [-0.2, -0.15) is 5.26 Å². The molecule has 2 unspecified atom stereocenters. The third-order valence-corrected chi connectivity index (χ3v) is 4.33. The quantitative estimate of drug-likeness (QED) is 0.838. The molecule has 116 valence electrons. The molecule has 1 aliphatic rings. The third kappa shape index (κ3) is 2.64. The summed E-state index contributed by atoms with van der Waals surface area (Å²) in [5.74, 6) is -0.259. The number of rotatable bonds is 2. The standard InChI is InChI=1S/C17H13BrN2O3/c1-22-14-5-2-9(18)6-12(14)16-11-4-3-10(21)7-15(11)23-17(20)13(16)8-19/h2-7,13,16,20-21H,1H3. The molecule has 2 aromatic carbocycles. The van der Waals surface area contributed by atoms with Gasteiger partial charge in [0.2, 0.25) is 5.90 Å². The van der Waals surface area contributed by atoms with Crippen LogP contribution in [-0.4, -0.2) is 18.1 Å². The first-order chi connectivity index (χ1) is 11.0. The molecule has 3 rings (SSSR count). The molecular formula is C17H13BrN2O3. The predicted octanol–water partition coefficient (Wildman–Crippen LogP) is 3.80. The summed E-state index contributed by atoms with van der Waals surface area (Å²) < 4.78 is 11.7. The highest BCUT2D eigenvalue weighted by atomic mass is 79.9. The van der Waals surface area contributed by atoms with Crippen molar-refractivity contribution in [2.24, 2.45) is 5.92 Å². The zero-order chi connectivity index (χ0) is 16.6. The molecule has 2 N–H and O–H groups in total.